The highest BCUT2D eigenvalue weighted by Crippen LogP contribution is 2.16. The van der Waals surface area contributed by atoms with Crippen LogP contribution in [0.15, 0.2) is 38.6 Å². The van der Waals surface area contributed by atoms with E-state index >= 15 is 0 Å². The van der Waals surface area contributed by atoms with Crippen molar-refractivity contribution < 1.29 is 17.8 Å². The molecule has 0 atom stereocenters. The number of hydrogen-bond acceptors (Lipinski definition) is 7. The summed E-state index contributed by atoms with van der Waals surface area (Å²) in [6, 6.07) is 4.87. The van der Waals surface area contributed by atoms with Crippen LogP contribution < -0.4 is 15.4 Å². The molecule has 0 aliphatic carbocycles. The summed E-state index contributed by atoms with van der Waals surface area (Å²) in [5.74, 6) is 1.71. The molecule has 30 heavy (non-hydrogen) atoms. The van der Waals surface area contributed by atoms with Crippen molar-refractivity contribution in [1.29, 1.82) is 0 Å². The Balaban J connectivity index is 0.00000450. The van der Waals surface area contributed by atoms with E-state index in [1.165, 1.54) is 18.2 Å². The lowest BCUT2D eigenvalue weighted by Gasteiger charge is -2.11. The van der Waals surface area contributed by atoms with Crippen molar-refractivity contribution in [2.24, 2.45) is 4.99 Å². The van der Waals surface area contributed by atoms with Crippen LogP contribution in [0.5, 0.6) is 0 Å². The molecule has 2 rings (SSSR count). The minimum absolute atomic E-state index is 0. The van der Waals surface area contributed by atoms with Gasteiger partial charge in [0.05, 0.1) is 15.5 Å². The Kier molecular flexibility index (Phi) is 10.1. The van der Waals surface area contributed by atoms with E-state index in [0.29, 0.717) is 18.4 Å². The highest BCUT2D eigenvalue weighted by molar-refractivity contribution is 14.0. The summed E-state index contributed by atoms with van der Waals surface area (Å²) in [7, 11) is -3.86. The number of non-ortho nitro benzene ring substituents is 1. The zero-order chi connectivity index (χ0) is 21.4. The second-order valence-electron chi connectivity index (χ2n) is 6.02. The molecule has 11 nitrogen and oxygen atoms in total. The van der Waals surface area contributed by atoms with Crippen LogP contribution >= 0.6 is 24.0 Å². The first kappa shape index (κ1) is 25.8. The SMILES string of the molecule is CCNC(=NCc1nc(C)c(C)o1)NCCNS(=O)(=O)c1cccc([N+](=O)[O-])c1.I. The minimum Gasteiger partial charge on any atom is -0.444 e. The van der Waals surface area contributed by atoms with Crippen LogP contribution in [0.4, 0.5) is 5.69 Å². The average Bonchev–Trinajstić information content (AvgIpc) is 3.00. The second kappa shape index (κ2) is 11.8. The highest BCUT2D eigenvalue weighted by Gasteiger charge is 2.17. The van der Waals surface area contributed by atoms with Gasteiger partial charge in [-0.15, -0.1) is 24.0 Å². The monoisotopic (exact) mass is 552 g/mol. The lowest BCUT2D eigenvalue weighted by Crippen LogP contribution is -2.41. The molecule has 13 heteroatoms. The Morgan fingerprint density at radius 2 is 2.00 bits per heavy atom. The van der Waals surface area contributed by atoms with E-state index in [1.807, 2.05) is 20.8 Å². The molecule has 0 fully saturated rings. The van der Waals surface area contributed by atoms with Gasteiger partial charge in [0.15, 0.2) is 5.96 Å². The molecular weight excluding hydrogens is 527 g/mol. The van der Waals surface area contributed by atoms with Crippen LogP contribution in [-0.2, 0) is 16.6 Å². The standard InChI is InChI=1S/C17H24N6O5S.HI/c1-4-18-17(20-11-16-22-12(2)13(3)28-16)19-8-9-21-29(26,27)15-7-5-6-14(10-15)23(24)25;/h5-7,10,21H,4,8-9,11H2,1-3H3,(H2,18,19,20);1H. The number of nitro benzene ring substituents is 1. The Hall–Kier alpha value is -2.26. The van der Waals surface area contributed by atoms with Gasteiger partial charge >= 0.3 is 0 Å². The lowest BCUT2D eigenvalue weighted by molar-refractivity contribution is -0.385. The van der Waals surface area contributed by atoms with E-state index in [-0.39, 0.29) is 54.2 Å². The molecule has 0 unspecified atom stereocenters. The molecule has 2 aromatic rings. The molecule has 0 amide bonds. The van der Waals surface area contributed by atoms with Crippen molar-refractivity contribution in [2.75, 3.05) is 19.6 Å². The number of oxazole rings is 1. The largest absolute Gasteiger partial charge is 0.444 e. The fourth-order valence-corrected chi connectivity index (χ4v) is 3.38. The number of sulfonamides is 1. The number of benzene rings is 1. The summed E-state index contributed by atoms with van der Waals surface area (Å²) in [5, 5.41) is 16.9. The number of nitrogens with one attached hydrogen (secondary N) is 3. The van der Waals surface area contributed by atoms with Crippen LogP contribution in [0, 0.1) is 24.0 Å². The molecule has 166 valence electrons. The topological polar surface area (TPSA) is 152 Å². The third-order valence-electron chi connectivity index (χ3n) is 3.84. The normalized spacial score (nSPS) is 11.6. The molecule has 0 aliphatic rings. The molecule has 1 heterocycles. The molecule has 1 aromatic carbocycles. The maximum Gasteiger partial charge on any atom is 0.270 e. The molecule has 3 N–H and O–H groups in total. The molecule has 0 aliphatic heterocycles. The highest BCUT2D eigenvalue weighted by atomic mass is 127. The number of aromatic nitrogens is 1. The summed E-state index contributed by atoms with van der Waals surface area (Å²) in [6.07, 6.45) is 0. The number of nitrogens with zero attached hydrogens (tertiary/aromatic N) is 3. The van der Waals surface area contributed by atoms with Gasteiger partial charge in [-0.1, -0.05) is 6.07 Å². The van der Waals surface area contributed by atoms with Crippen molar-refractivity contribution in [3.8, 4) is 0 Å². The number of aliphatic imine (C=N–C) groups is 1. The van der Waals surface area contributed by atoms with Gasteiger partial charge < -0.3 is 15.1 Å². The van der Waals surface area contributed by atoms with Crippen LogP contribution in [0.3, 0.4) is 0 Å². The van der Waals surface area contributed by atoms with Crippen molar-refractivity contribution in [3.63, 3.8) is 0 Å². The van der Waals surface area contributed by atoms with Crippen LogP contribution in [0.25, 0.3) is 0 Å². The number of nitro groups is 1. The fourth-order valence-electron chi connectivity index (χ4n) is 2.31. The Labute approximate surface area is 192 Å². The zero-order valence-corrected chi connectivity index (χ0v) is 20.0. The first-order valence-corrected chi connectivity index (χ1v) is 10.4. The average molecular weight is 552 g/mol. The van der Waals surface area contributed by atoms with E-state index in [2.05, 4.69) is 25.3 Å². The van der Waals surface area contributed by atoms with E-state index in [4.69, 9.17) is 4.42 Å². The smallest absolute Gasteiger partial charge is 0.270 e. The van der Waals surface area contributed by atoms with Crippen LogP contribution in [0.2, 0.25) is 0 Å². The molecule has 1 aromatic heterocycles. The maximum atomic E-state index is 12.3. The number of hydrogen-bond donors (Lipinski definition) is 3. The molecule has 0 bridgehead atoms. The third kappa shape index (κ3) is 7.53. The van der Waals surface area contributed by atoms with E-state index in [1.54, 1.807) is 0 Å². The molecule has 0 saturated carbocycles. The first-order valence-electron chi connectivity index (χ1n) is 8.92. The zero-order valence-electron chi connectivity index (χ0n) is 16.8. The van der Waals surface area contributed by atoms with Gasteiger partial charge in [-0.25, -0.2) is 23.1 Å². The number of guanidine groups is 1. The van der Waals surface area contributed by atoms with Crippen molar-refractivity contribution in [1.82, 2.24) is 20.3 Å². The van der Waals surface area contributed by atoms with Gasteiger partial charge in [-0.2, -0.15) is 0 Å². The Bertz CT molecular complexity index is 973. The Morgan fingerprint density at radius 3 is 2.60 bits per heavy atom. The van der Waals surface area contributed by atoms with Gasteiger partial charge in [-0.05, 0) is 26.8 Å². The van der Waals surface area contributed by atoms with Gasteiger partial charge in [0.1, 0.15) is 12.3 Å². The predicted molar refractivity (Wildman–Crippen MR) is 122 cm³/mol. The first-order chi connectivity index (χ1) is 13.7. The van der Waals surface area contributed by atoms with E-state index in [0.717, 1.165) is 17.5 Å². The third-order valence-corrected chi connectivity index (χ3v) is 5.30. The molecular formula is C17H25IN6O5S. The summed E-state index contributed by atoms with van der Waals surface area (Å²) < 4.78 is 32.5. The molecule has 0 radical (unpaired) electrons. The second-order valence-corrected chi connectivity index (χ2v) is 7.79. The summed E-state index contributed by atoms with van der Waals surface area (Å²) in [6.45, 7) is 6.76. The van der Waals surface area contributed by atoms with Gasteiger partial charge in [0, 0.05) is 31.8 Å². The van der Waals surface area contributed by atoms with Crippen molar-refractivity contribution in [3.05, 3.63) is 51.7 Å². The lowest BCUT2D eigenvalue weighted by atomic mass is 10.3. The molecule has 0 saturated heterocycles. The van der Waals surface area contributed by atoms with E-state index in [9.17, 15) is 18.5 Å². The fraction of sp³-hybridized carbons (Fsp3) is 0.412. The van der Waals surface area contributed by atoms with Crippen molar-refractivity contribution in [2.45, 2.75) is 32.2 Å². The minimum atomic E-state index is -3.86. The predicted octanol–water partition coefficient (Wildman–Crippen LogP) is 1.85. The number of rotatable bonds is 9. The molecule has 0 spiro atoms. The van der Waals surface area contributed by atoms with Gasteiger partial charge in [0.25, 0.3) is 5.69 Å². The summed E-state index contributed by atoms with van der Waals surface area (Å²) >= 11 is 0. The van der Waals surface area contributed by atoms with Gasteiger partial charge in [-0.3, -0.25) is 10.1 Å². The summed E-state index contributed by atoms with van der Waals surface area (Å²) in [5.41, 5.74) is 0.522. The Morgan fingerprint density at radius 1 is 1.27 bits per heavy atom. The summed E-state index contributed by atoms with van der Waals surface area (Å²) in [4.78, 5) is 18.6. The van der Waals surface area contributed by atoms with Crippen LogP contribution in [-0.4, -0.2) is 43.9 Å². The van der Waals surface area contributed by atoms with E-state index < -0.39 is 14.9 Å². The van der Waals surface area contributed by atoms with Gasteiger partial charge in [0.2, 0.25) is 15.9 Å². The number of halogens is 1. The van der Waals surface area contributed by atoms with Crippen molar-refractivity contribution >= 4 is 45.6 Å². The van der Waals surface area contributed by atoms with Crippen LogP contribution in [0.1, 0.15) is 24.3 Å². The maximum absolute atomic E-state index is 12.3. The number of aryl methyl sites for hydroxylation is 2. The quantitative estimate of drug-likeness (QED) is 0.107.